The summed E-state index contributed by atoms with van der Waals surface area (Å²) in [6, 6.07) is 10.3. The number of benzene rings is 2. The predicted octanol–water partition coefficient (Wildman–Crippen LogP) is 4.60. The lowest BCUT2D eigenvalue weighted by atomic mass is 10.1. The van der Waals surface area contributed by atoms with E-state index >= 15 is 0 Å². The van der Waals surface area contributed by atoms with Gasteiger partial charge in [-0.15, -0.1) is 0 Å². The van der Waals surface area contributed by atoms with Crippen LogP contribution in [0.4, 0.5) is 10.1 Å². The molecule has 5 heteroatoms. The fraction of sp³-hybridized carbons (Fsp3) is 0.188. The molecule has 0 atom stereocenters. The Hall–Kier alpha value is -1.88. The molecule has 0 aliphatic carbocycles. The second-order valence-corrected chi connectivity index (χ2v) is 5.87. The monoisotopic (exact) mass is 347 g/mol. The molecule has 0 saturated heterocycles. The van der Waals surface area contributed by atoms with Crippen LogP contribution in [0.3, 0.4) is 0 Å². The number of aromatic nitrogens is 2. The van der Waals surface area contributed by atoms with E-state index in [1.54, 1.807) is 6.07 Å². The van der Waals surface area contributed by atoms with Crippen molar-refractivity contribution in [2.75, 3.05) is 5.73 Å². The summed E-state index contributed by atoms with van der Waals surface area (Å²) in [4.78, 5) is 4.64. The quantitative estimate of drug-likeness (QED) is 0.703. The van der Waals surface area contributed by atoms with Crippen molar-refractivity contribution in [3.63, 3.8) is 0 Å². The maximum absolute atomic E-state index is 13.5. The number of aryl methyl sites for hydroxylation is 1. The Balaban J connectivity index is 2.30. The lowest BCUT2D eigenvalue weighted by Crippen LogP contribution is -2.02. The first-order valence-electron chi connectivity index (χ1n) is 6.81. The van der Waals surface area contributed by atoms with Crippen LogP contribution in [0.15, 0.2) is 40.9 Å². The lowest BCUT2D eigenvalue weighted by Gasteiger charge is -2.10. The summed E-state index contributed by atoms with van der Waals surface area (Å²) >= 11 is 3.46. The molecular weight excluding hydrogens is 333 g/mol. The van der Waals surface area contributed by atoms with E-state index in [2.05, 4.69) is 27.8 Å². The van der Waals surface area contributed by atoms with Gasteiger partial charge in [-0.2, -0.15) is 0 Å². The molecule has 0 radical (unpaired) electrons. The molecule has 2 aromatic carbocycles. The summed E-state index contributed by atoms with van der Waals surface area (Å²) in [5.74, 6) is 0.518. The SMILES string of the molecule is CCCn1c(-c2cc(Br)ccc2N)nc2ccc(F)cc21. The zero-order valence-corrected chi connectivity index (χ0v) is 13.2. The van der Waals surface area contributed by atoms with Gasteiger partial charge >= 0.3 is 0 Å². The van der Waals surface area contributed by atoms with E-state index in [0.29, 0.717) is 5.69 Å². The van der Waals surface area contributed by atoms with Crippen molar-refractivity contribution in [2.45, 2.75) is 19.9 Å². The molecule has 3 aromatic rings. The van der Waals surface area contributed by atoms with E-state index < -0.39 is 0 Å². The van der Waals surface area contributed by atoms with E-state index in [4.69, 9.17) is 5.73 Å². The fourth-order valence-electron chi connectivity index (χ4n) is 2.47. The number of hydrogen-bond acceptors (Lipinski definition) is 2. The van der Waals surface area contributed by atoms with Crippen LogP contribution in [0.1, 0.15) is 13.3 Å². The Labute approximate surface area is 130 Å². The first kappa shape index (κ1) is 14.1. The maximum atomic E-state index is 13.5. The van der Waals surface area contributed by atoms with Crippen LogP contribution in [0.2, 0.25) is 0 Å². The standard InChI is InChI=1S/C16H15BrFN3/c1-2-7-21-15-9-11(18)4-6-14(15)20-16(21)12-8-10(17)3-5-13(12)19/h3-6,8-9H,2,7,19H2,1H3. The number of imidazole rings is 1. The van der Waals surface area contributed by atoms with E-state index in [1.165, 1.54) is 12.1 Å². The van der Waals surface area contributed by atoms with Crippen molar-refractivity contribution in [3.8, 4) is 11.4 Å². The average molecular weight is 348 g/mol. The van der Waals surface area contributed by atoms with Crippen LogP contribution in [0.25, 0.3) is 22.4 Å². The molecule has 2 N–H and O–H groups in total. The highest BCUT2D eigenvalue weighted by atomic mass is 79.9. The minimum absolute atomic E-state index is 0.256. The molecule has 0 aliphatic rings. The van der Waals surface area contributed by atoms with Crippen LogP contribution >= 0.6 is 15.9 Å². The number of nitrogen functional groups attached to an aromatic ring is 1. The molecule has 0 aliphatic heterocycles. The van der Waals surface area contributed by atoms with Crippen molar-refractivity contribution < 1.29 is 4.39 Å². The Kier molecular flexibility index (Phi) is 3.68. The first-order valence-corrected chi connectivity index (χ1v) is 7.60. The van der Waals surface area contributed by atoms with Gasteiger partial charge in [0.15, 0.2) is 0 Å². The highest BCUT2D eigenvalue weighted by molar-refractivity contribution is 9.10. The summed E-state index contributed by atoms with van der Waals surface area (Å²) in [5, 5.41) is 0. The molecule has 0 bridgehead atoms. The summed E-state index contributed by atoms with van der Waals surface area (Å²) in [7, 11) is 0. The Morgan fingerprint density at radius 3 is 2.81 bits per heavy atom. The zero-order valence-electron chi connectivity index (χ0n) is 11.6. The Bertz CT molecular complexity index is 811. The van der Waals surface area contributed by atoms with Gasteiger partial charge in [0.25, 0.3) is 0 Å². The molecule has 0 amide bonds. The minimum Gasteiger partial charge on any atom is -0.398 e. The highest BCUT2D eigenvalue weighted by Crippen LogP contribution is 2.31. The van der Waals surface area contributed by atoms with Crippen molar-refractivity contribution in [3.05, 3.63) is 46.7 Å². The van der Waals surface area contributed by atoms with Gasteiger partial charge in [-0.3, -0.25) is 0 Å². The van der Waals surface area contributed by atoms with Gasteiger partial charge in [-0.05, 0) is 42.8 Å². The summed E-state index contributed by atoms with van der Waals surface area (Å²) in [6.45, 7) is 2.85. The van der Waals surface area contributed by atoms with Gasteiger partial charge in [0, 0.05) is 22.3 Å². The molecule has 21 heavy (non-hydrogen) atoms. The van der Waals surface area contributed by atoms with Crippen LogP contribution in [-0.2, 0) is 6.54 Å². The van der Waals surface area contributed by atoms with Crippen LogP contribution in [-0.4, -0.2) is 9.55 Å². The fourth-order valence-corrected chi connectivity index (χ4v) is 2.83. The lowest BCUT2D eigenvalue weighted by molar-refractivity contribution is 0.627. The van der Waals surface area contributed by atoms with Gasteiger partial charge in [0.1, 0.15) is 11.6 Å². The predicted molar refractivity (Wildman–Crippen MR) is 87.5 cm³/mol. The highest BCUT2D eigenvalue weighted by Gasteiger charge is 2.15. The molecule has 1 heterocycles. The van der Waals surface area contributed by atoms with Gasteiger partial charge < -0.3 is 10.3 Å². The van der Waals surface area contributed by atoms with Crippen LogP contribution in [0.5, 0.6) is 0 Å². The largest absolute Gasteiger partial charge is 0.398 e. The summed E-state index contributed by atoms with van der Waals surface area (Å²) in [5.41, 5.74) is 9.18. The average Bonchev–Trinajstić information content (AvgIpc) is 2.80. The number of nitrogens with two attached hydrogens (primary N) is 1. The van der Waals surface area contributed by atoms with E-state index in [1.807, 2.05) is 22.8 Å². The molecule has 3 nitrogen and oxygen atoms in total. The van der Waals surface area contributed by atoms with Crippen molar-refractivity contribution in [2.24, 2.45) is 0 Å². The van der Waals surface area contributed by atoms with Crippen LogP contribution in [0, 0.1) is 5.82 Å². The van der Waals surface area contributed by atoms with Crippen molar-refractivity contribution >= 4 is 32.7 Å². The Morgan fingerprint density at radius 1 is 1.24 bits per heavy atom. The molecule has 3 rings (SSSR count). The first-order chi connectivity index (χ1) is 10.1. The summed E-state index contributed by atoms with van der Waals surface area (Å²) < 4.78 is 16.5. The van der Waals surface area contributed by atoms with E-state index in [-0.39, 0.29) is 5.82 Å². The smallest absolute Gasteiger partial charge is 0.143 e. The topological polar surface area (TPSA) is 43.8 Å². The van der Waals surface area contributed by atoms with Gasteiger partial charge in [0.2, 0.25) is 0 Å². The minimum atomic E-state index is -0.256. The third kappa shape index (κ3) is 2.53. The number of fused-ring (bicyclic) bond motifs is 1. The molecule has 108 valence electrons. The third-order valence-corrected chi connectivity index (χ3v) is 3.91. The number of nitrogens with zero attached hydrogens (tertiary/aromatic N) is 2. The number of halogens is 2. The summed E-state index contributed by atoms with van der Waals surface area (Å²) in [6.07, 6.45) is 0.933. The second kappa shape index (κ2) is 5.48. The molecule has 1 aromatic heterocycles. The van der Waals surface area contributed by atoms with Crippen molar-refractivity contribution in [1.82, 2.24) is 9.55 Å². The molecule has 0 spiro atoms. The molecule has 0 saturated carbocycles. The second-order valence-electron chi connectivity index (χ2n) is 4.95. The molecule has 0 fully saturated rings. The number of anilines is 1. The van der Waals surface area contributed by atoms with E-state index in [0.717, 1.165) is 39.9 Å². The van der Waals surface area contributed by atoms with Crippen LogP contribution < -0.4 is 5.73 Å². The third-order valence-electron chi connectivity index (χ3n) is 3.41. The van der Waals surface area contributed by atoms with Gasteiger partial charge in [0.05, 0.1) is 11.0 Å². The normalized spacial score (nSPS) is 11.2. The van der Waals surface area contributed by atoms with Gasteiger partial charge in [-0.25, -0.2) is 9.37 Å². The zero-order chi connectivity index (χ0) is 15.0. The van der Waals surface area contributed by atoms with E-state index in [9.17, 15) is 4.39 Å². The molecule has 0 unspecified atom stereocenters. The maximum Gasteiger partial charge on any atom is 0.143 e. The Morgan fingerprint density at radius 2 is 2.05 bits per heavy atom. The molecular formula is C16H15BrFN3. The number of hydrogen-bond donors (Lipinski definition) is 1. The number of rotatable bonds is 3. The van der Waals surface area contributed by atoms with Gasteiger partial charge in [-0.1, -0.05) is 22.9 Å². The van der Waals surface area contributed by atoms with Crippen molar-refractivity contribution in [1.29, 1.82) is 0 Å².